The molecule has 0 bridgehead atoms. The molecule has 138 valence electrons. The lowest BCUT2D eigenvalue weighted by atomic mass is 9.55. The van der Waals surface area contributed by atoms with Crippen molar-refractivity contribution in [3.63, 3.8) is 0 Å². The van der Waals surface area contributed by atoms with Crippen LogP contribution in [0.1, 0.15) is 48.3 Å². The molecule has 0 aromatic heterocycles. The van der Waals surface area contributed by atoms with E-state index in [-0.39, 0.29) is 23.5 Å². The Balaban J connectivity index is 1.12. The first-order valence-corrected chi connectivity index (χ1v) is 9.68. The summed E-state index contributed by atoms with van der Waals surface area (Å²) in [6, 6.07) is 6.83. The smallest absolute Gasteiger partial charge is 0.407 e. The predicted octanol–water partition coefficient (Wildman–Crippen LogP) is 2.90. The summed E-state index contributed by atoms with van der Waals surface area (Å²) in [5.41, 5.74) is 4.29. The summed E-state index contributed by atoms with van der Waals surface area (Å²) in [6.45, 7) is 6.58. The number of nitrogens with zero attached hydrogens (tertiary/aromatic N) is 1. The Bertz CT molecular complexity index is 782. The number of hydrogen-bond donors (Lipinski definition) is 1. The van der Waals surface area contributed by atoms with Crippen molar-refractivity contribution in [2.75, 3.05) is 19.7 Å². The Labute approximate surface area is 154 Å². The van der Waals surface area contributed by atoms with Crippen molar-refractivity contribution in [1.29, 1.82) is 0 Å². The van der Waals surface area contributed by atoms with Crippen molar-refractivity contribution in [3.05, 3.63) is 34.9 Å². The molecule has 2 spiro atoms. The van der Waals surface area contributed by atoms with Crippen LogP contribution in [0.4, 0.5) is 4.79 Å². The van der Waals surface area contributed by atoms with Gasteiger partial charge in [0.15, 0.2) is 0 Å². The van der Waals surface area contributed by atoms with Gasteiger partial charge in [0, 0.05) is 24.4 Å². The molecular formula is C21H26N2O3. The van der Waals surface area contributed by atoms with Crippen LogP contribution in [-0.4, -0.2) is 42.1 Å². The molecule has 1 aromatic carbocycles. The van der Waals surface area contributed by atoms with Crippen molar-refractivity contribution in [2.24, 2.45) is 11.3 Å². The highest BCUT2D eigenvalue weighted by Crippen LogP contribution is 2.57. The minimum Gasteiger partial charge on any atom is -0.447 e. The lowest BCUT2D eigenvalue weighted by molar-refractivity contribution is -0.161. The van der Waals surface area contributed by atoms with Crippen molar-refractivity contribution >= 4 is 12.0 Å². The number of carbonyl (C=O) groups excluding carboxylic acids is 2. The number of nitrogens with one attached hydrogen (secondary N) is 1. The lowest BCUT2D eigenvalue weighted by Gasteiger charge is -2.60. The van der Waals surface area contributed by atoms with Gasteiger partial charge in [0.1, 0.15) is 6.61 Å². The van der Waals surface area contributed by atoms with Gasteiger partial charge in [0.2, 0.25) is 5.91 Å². The molecular weight excluding hydrogens is 328 g/mol. The van der Waals surface area contributed by atoms with Crippen LogP contribution in [0.5, 0.6) is 0 Å². The second-order valence-corrected chi connectivity index (χ2v) is 9.23. The van der Waals surface area contributed by atoms with E-state index in [1.807, 2.05) is 4.90 Å². The van der Waals surface area contributed by atoms with Gasteiger partial charge in [0.25, 0.3) is 0 Å². The number of aryl methyl sites for hydroxylation is 2. The van der Waals surface area contributed by atoms with Gasteiger partial charge < -0.3 is 15.0 Å². The average molecular weight is 354 g/mol. The Kier molecular flexibility index (Phi) is 3.26. The number of ether oxygens (including phenoxy) is 1. The molecule has 2 heterocycles. The third-order valence-electron chi connectivity index (χ3n) is 7.20. The van der Waals surface area contributed by atoms with Crippen LogP contribution in [0.3, 0.4) is 0 Å². The maximum Gasteiger partial charge on any atom is 0.407 e. The first kappa shape index (κ1) is 16.2. The van der Waals surface area contributed by atoms with Crippen LogP contribution in [0.2, 0.25) is 0 Å². The molecule has 5 rings (SSSR count). The molecule has 0 unspecified atom stereocenters. The van der Waals surface area contributed by atoms with Gasteiger partial charge in [-0.25, -0.2) is 4.79 Å². The molecule has 1 N–H and O–H groups in total. The number of carbonyl (C=O) groups is 2. The molecule has 2 saturated carbocycles. The summed E-state index contributed by atoms with van der Waals surface area (Å²) in [4.78, 5) is 25.9. The Hall–Kier alpha value is -2.04. The van der Waals surface area contributed by atoms with Crippen LogP contribution >= 0.6 is 0 Å². The molecule has 4 aliphatic rings. The zero-order valence-corrected chi connectivity index (χ0v) is 15.5. The largest absolute Gasteiger partial charge is 0.447 e. The fraction of sp³-hybridized carbons (Fsp3) is 0.619. The number of hydrogen-bond acceptors (Lipinski definition) is 3. The average Bonchev–Trinajstić information content (AvgIpc) is 2.88. The minimum atomic E-state index is -0.342. The van der Waals surface area contributed by atoms with Crippen LogP contribution in [-0.2, 0) is 9.53 Å². The summed E-state index contributed by atoms with van der Waals surface area (Å²) >= 11 is 0. The lowest BCUT2D eigenvalue weighted by Crippen LogP contribution is -2.66. The topological polar surface area (TPSA) is 58.6 Å². The van der Waals surface area contributed by atoms with E-state index in [0.717, 1.165) is 25.9 Å². The van der Waals surface area contributed by atoms with Crippen LogP contribution in [0.25, 0.3) is 0 Å². The van der Waals surface area contributed by atoms with Gasteiger partial charge in [-0.05, 0) is 62.1 Å². The number of cyclic esters (lactones) is 1. The van der Waals surface area contributed by atoms with E-state index >= 15 is 0 Å². The van der Waals surface area contributed by atoms with E-state index in [0.29, 0.717) is 17.9 Å². The molecule has 4 fully saturated rings. The van der Waals surface area contributed by atoms with Crippen LogP contribution in [0.15, 0.2) is 18.2 Å². The number of likely N-dealkylation sites (tertiary alicyclic amines) is 1. The third-order valence-corrected chi connectivity index (χ3v) is 7.20. The van der Waals surface area contributed by atoms with E-state index in [1.54, 1.807) is 0 Å². The molecule has 2 aliphatic carbocycles. The number of amides is 2. The fourth-order valence-corrected chi connectivity index (χ4v) is 5.45. The van der Waals surface area contributed by atoms with Gasteiger partial charge in [-0.2, -0.15) is 0 Å². The van der Waals surface area contributed by atoms with Gasteiger partial charge in [0.05, 0.1) is 5.54 Å². The highest BCUT2D eigenvalue weighted by atomic mass is 16.6. The maximum absolute atomic E-state index is 12.7. The van der Waals surface area contributed by atoms with Gasteiger partial charge >= 0.3 is 6.09 Å². The quantitative estimate of drug-likeness (QED) is 0.888. The first-order chi connectivity index (χ1) is 12.4. The normalized spacial score (nSPS) is 28.2. The van der Waals surface area contributed by atoms with E-state index in [9.17, 15) is 9.59 Å². The number of rotatable bonds is 2. The number of benzene rings is 1. The molecule has 2 aliphatic heterocycles. The minimum absolute atomic E-state index is 0.0602. The summed E-state index contributed by atoms with van der Waals surface area (Å²) in [7, 11) is 0. The molecule has 2 saturated heterocycles. The summed E-state index contributed by atoms with van der Waals surface area (Å²) < 4.78 is 4.99. The zero-order chi connectivity index (χ0) is 18.1. The van der Waals surface area contributed by atoms with Gasteiger partial charge in [-0.15, -0.1) is 0 Å². The van der Waals surface area contributed by atoms with Crippen LogP contribution in [0, 0.1) is 25.2 Å². The molecule has 26 heavy (non-hydrogen) atoms. The van der Waals surface area contributed by atoms with E-state index in [2.05, 4.69) is 37.4 Å². The number of alkyl carbamates (subject to hydrolysis) is 1. The maximum atomic E-state index is 12.7. The first-order valence-electron chi connectivity index (χ1n) is 9.68. The molecule has 0 radical (unpaired) electrons. The molecule has 5 heteroatoms. The molecule has 0 atom stereocenters. The van der Waals surface area contributed by atoms with E-state index in [4.69, 9.17) is 4.74 Å². The molecule has 1 aromatic rings. The Morgan fingerprint density at radius 3 is 2.50 bits per heavy atom. The van der Waals surface area contributed by atoms with Gasteiger partial charge in [-0.1, -0.05) is 18.2 Å². The van der Waals surface area contributed by atoms with Gasteiger partial charge in [-0.3, -0.25) is 4.79 Å². The van der Waals surface area contributed by atoms with Crippen molar-refractivity contribution in [1.82, 2.24) is 10.2 Å². The summed E-state index contributed by atoms with van der Waals surface area (Å²) in [5, 5.41) is 2.87. The summed E-state index contributed by atoms with van der Waals surface area (Å²) in [5.74, 6) is 0.992. The highest BCUT2D eigenvalue weighted by molar-refractivity contribution is 5.82. The zero-order valence-electron chi connectivity index (χ0n) is 15.5. The molecule has 2 amide bonds. The second-order valence-electron chi connectivity index (χ2n) is 9.23. The van der Waals surface area contributed by atoms with E-state index in [1.165, 1.54) is 29.5 Å². The predicted molar refractivity (Wildman–Crippen MR) is 96.8 cm³/mol. The molecule has 5 nitrogen and oxygen atoms in total. The van der Waals surface area contributed by atoms with Crippen LogP contribution < -0.4 is 5.32 Å². The van der Waals surface area contributed by atoms with Crippen molar-refractivity contribution < 1.29 is 14.3 Å². The van der Waals surface area contributed by atoms with Crippen molar-refractivity contribution in [2.45, 2.75) is 51.0 Å². The van der Waals surface area contributed by atoms with E-state index < -0.39 is 0 Å². The highest BCUT2D eigenvalue weighted by Gasteiger charge is 2.58. The third kappa shape index (κ3) is 2.36. The SMILES string of the molecule is Cc1ccc(C2CC3(C2)CN(C(=O)C2CC4(COC(=O)N4)C2)C3)cc1C. The Morgan fingerprint density at radius 1 is 1.15 bits per heavy atom. The standard InChI is InChI=1S/C21H26N2O3/c1-13-3-4-15(5-14(13)2)16-6-20(7-16)10-23(11-20)18(24)17-8-21(9-17)12-26-19(25)22-21/h3-5,16-17H,6-12H2,1-2H3,(H,22,25). The second kappa shape index (κ2) is 5.24. The fourth-order valence-electron chi connectivity index (χ4n) is 5.45. The summed E-state index contributed by atoms with van der Waals surface area (Å²) in [6.07, 6.45) is 3.53. The monoisotopic (exact) mass is 354 g/mol. The Morgan fingerprint density at radius 2 is 1.88 bits per heavy atom. The van der Waals surface area contributed by atoms with Crippen molar-refractivity contribution in [3.8, 4) is 0 Å².